The van der Waals surface area contributed by atoms with Crippen molar-refractivity contribution in [3.8, 4) is 0 Å². The molecule has 10 heteroatoms. The van der Waals surface area contributed by atoms with E-state index < -0.39 is 15.8 Å². The molecule has 2 fully saturated rings. The van der Waals surface area contributed by atoms with Gasteiger partial charge >= 0.3 is 5.97 Å². The zero-order valence-corrected chi connectivity index (χ0v) is 19.9. The molecule has 1 amide bonds. The Hall–Kier alpha value is -3.27. The second-order valence-electron chi connectivity index (χ2n) is 8.87. The number of nitrogens with zero attached hydrogens (tertiary/aromatic N) is 3. The highest BCUT2D eigenvalue weighted by Gasteiger charge is 2.34. The van der Waals surface area contributed by atoms with Gasteiger partial charge in [0, 0.05) is 11.6 Å². The summed E-state index contributed by atoms with van der Waals surface area (Å²) in [5, 5.41) is 8.07. The normalized spacial score (nSPS) is 19.3. The minimum absolute atomic E-state index is 0.0208. The molecule has 2 aliphatic rings. The van der Waals surface area contributed by atoms with E-state index in [0.717, 1.165) is 18.5 Å². The van der Waals surface area contributed by atoms with Crippen LogP contribution in [0.15, 0.2) is 30.3 Å². The Labute approximate surface area is 197 Å². The third-order valence-corrected chi connectivity index (χ3v) is 8.07. The van der Waals surface area contributed by atoms with E-state index in [1.54, 1.807) is 48.9 Å². The fourth-order valence-corrected chi connectivity index (χ4v) is 6.18. The average Bonchev–Trinajstić information content (AvgIpc) is 3.52. The molecule has 9 nitrogen and oxygen atoms in total. The SMILES string of the molecule is CCOC(=O)c1ccccc1NC(=O)c1cc(C2CC2)nc2c1c(C)nn2[C@H]1CCS(=O)(=O)C1. The number of aromatic nitrogens is 3. The molecule has 1 saturated carbocycles. The van der Waals surface area contributed by atoms with Crippen LogP contribution in [0.1, 0.15) is 70.2 Å². The third kappa shape index (κ3) is 4.18. The van der Waals surface area contributed by atoms with Gasteiger partial charge in [0.15, 0.2) is 15.5 Å². The van der Waals surface area contributed by atoms with Crippen LogP contribution in [0.5, 0.6) is 0 Å². The van der Waals surface area contributed by atoms with Crippen LogP contribution in [0.3, 0.4) is 0 Å². The van der Waals surface area contributed by atoms with Crippen molar-refractivity contribution in [2.75, 3.05) is 23.4 Å². The van der Waals surface area contributed by atoms with Crippen LogP contribution in [0.2, 0.25) is 0 Å². The summed E-state index contributed by atoms with van der Waals surface area (Å²) in [6.45, 7) is 3.75. The molecule has 0 radical (unpaired) electrons. The van der Waals surface area contributed by atoms with Gasteiger partial charge in [-0.2, -0.15) is 5.10 Å². The monoisotopic (exact) mass is 482 g/mol. The van der Waals surface area contributed by atoms with E-state index >= 15 is 0 Å². The molecule has 1 saturated heterocycles. The number of sulfone groups is 1. The van der Waals surface area contributed by atoms with Crippen molar-refractivity contribution < 1.29 is 22.7 Å². The second-order valence-corrected chi connectivity index (χ2v) is 11.1. The van der Waals surface area contributed by atoms with Gasteiger partial charge in [0.25, 0.3) is 5.91 Å². The lowest BCUT2D eigenvalue weighted by Gasteiger charge is -2.13. The molecule has 3 aromatic rings. The van der Waals surface area contributed by atoms with Crippen molar-refractivity contribution >= 4 is 38.4 Å². The number of carbonyl (C=O) groups is 2. The number of hydrogen-bond acceptors (Lipinski definition) is 7. The zero-order valence-electron chi connectivity index (χ0n) is 19.1. The van der Waals surface area contributed by atoms with E-state index in [9.17, 15) is 18.0 Å². The maximum atomic E-state index is 13.5. The number of amides is 1. The van der Waals surface area contributed by atoms with Gasteiger partial charge in [0.2, 0.25) is 0 Å². The highest BCUT2D eigenvalue weighted by Crippen LogP contribution is 2.41. The molecule has 5 rings (SSSR count). The summed E-state index contributed by atoms with van der Waals surface area (Å²) in [5.74, 6) is -0.472. The Kier molecular flexibility index (Phi) is 5.63. The Morgan fingerprint density at radius 3 is 2.62 bits per heavy atom. The number of anilines is 1. The Morgan fingerprint density at radius 2 is 1.94 bits per heavy atom. The number of aryl methyl sites for hydroxylation is 1. The number of fused-ring (bicyclic) bond motifs is 1. The largest absolute Gasteiger partial charge is 0.462 e. The molecule has 1 N–H and O–H groups in total. The molecule has 0 unspecified atom stereocenters. The second kappa shape index (κ2) is 8.50. The molecular formula is C24H26N4O5S. The van der Waals surface area contributed by atoms with Crippen molar-refractivity contribution in [3.63, 3.8) is 0 Å². The highest BCUT2D eigenvalue weighted by molar-refractivity contribution is 7.91. The molecule has 3 heterocycles. The van der Waals surface area contributed by atoms with Gasteiger partial charge in [0.1, 0.15) is 0 Å². The number of benzene rings is 1. The first-order valence-electron chi connectivity index (χ1n) is 11.4. The molecule has 178 valence electrons. The van der Waals surface area contributed by atoms with Crippen LogP contribution in [0.4, 0.5) is 5.69 Å². The molecule has 0 bridgehead atoms. The molecule has 2 aromatic heterocycles. The molecular weight excluding hydrogens is 456 g/mol. The van der Waals surface area contributed by atoms with Crippen molar-refractivity contribution in [2.24, 2.45) is 0 Å². The molecule has 1 aliphatic carbocycles. The first kappa shape index (κ1) is 22.5. The van der Waals surface area contributed by atoms with Gasteiger partial charge in [-0.1, -0.05) is 12.1 Å². The smallest absolute Gasteiger partial charge is 0.340 e. The number of pyridine rings is 1. The van der Waals surface area contributed by atoms with Crippen molar-refractivity contribution in [1.29, 1.82) is 0 Å². The number of esters is 1. The fraction of sp³-hybridized carbons (Fsp3) is 0.417. The lowest BCUT2D eigenvalue weighted by Crippen LogP contribution is -2.17. The van der Waals surface area contributed by atoms with E-state index in [4.69, 9.17) is 9.72 Å². The number of para-hydroxylation sites is 1. The summed E-state index contributed by atoms with van der Waals surface area (Å²) in [5.41, 5.74) is 2.99. The van der Waals surface area contributed by atoms with Gasteiger partial charge in [-0.3, -0.25) is 4.79 Å². The van der Waals surface area contributed by atoms with E-state index in [0.29, 0.717) is 34.4 Å². The van der Waals surface area contributed by atoms with Crippen LogP contribution in [0.25, 0.3) is 11.0 Å². The van der Waals surface area contributed by atoms with Crippen LogP contribution in [-0.4, -0.2) is 53.2 Å². The quantitative estimate of drug-likeness (QED) is 0.535. The fourth-order valence-electron chi connectivity index (χ4n) is 4.49. The average molecular weight is 483 g/mol. The lowest BCUT2D eigenvalue weighted by molar-refractivity contribution is 0.0527. The summed E-state index contributed by atoms with van der Waals surface area (Å²) in [7, 11) is -3.11. The summed E-state index contributed by atoms with van der Waals surface area (Å²) >= 11 is 0. The lowest BCUT2D eigenvalue weighted by atomic mass is 10.1. The summed E-state index contributed by atoms with van der Waals surface area (Å²) in [6.07, 6.45) is 2.47. The van der Waals surface area contributed by atoms with Crippen molar-refractivity contribution in [3.05, 3.63) is 52.8 Å². The maximum Gasteiger partial charge on any atom is 0.340 e. The number of nitrogens with one attached hydrogen (secondary N) is 1. The van der Waals surface area contributed by atoms with Crippen molar-refractivity contribution in [2.45, 2.75) is 45.1 Å². The Balaban J connectivity index is 1.58. The number of carbonyl (C=O) groups excluding carboxylic acids is 2. The minimum Gasteiger partial charge on any atom is -0.462 e. The number of ether oxygens (including phenoxy) is 1. The van der Waals surface area contributed by atoms with Crippen LogP contribution in [0, 0.1) is 6.92 Å². The predicted octanol–water partition coefficient (Wildman–Crippen LogP) is 3.41. The van der Waals surface area contributed by atoms with E-state index in [1.165, 1.54) is 0 Å². The maximum absolute atomic E-state index is 13.5. The molecule has 1 atom stereocenters. The van der Waals surface area contributed by atoms with Gasteiger partial charge < -0.3 is 10.1 Å². The molecule has 0 spiro atoms. The highest BCUT2D eigenvalue weighted by atomic mass is 32.2. The molecule has 1 aliphatic heterocycles. The number of rotatable bonds is 6. The first-order chi connectivity index (χ1) is 16.3. The van der Waals surface area contributed by atoms with Gasteiger partial charge in [-0.05, 0) is 51.3 Å². The van der Waals surface area contributed by atoms with Gasteiger partial charge in [-0.25, -0.2) is 22.9 Å². The Bertz CT molecular complexity index is 1410. The predicted molar refractivity (Wildman–Crippen MR) is 127 cm³/mol. The summed E-state index contributed by atoms with van der Waals surface area (Å²) in [4.78, 5) is 30.7. The third-order valence-electron chi connectivity index (χ3n) is 6.32. The summed E-state index contributed by atoms with van der Waals surface area (Å²) in [6, 6.07) is 8.21. The molecule has 1 aromatic carbocycles. The Morgan fingerprint density at radius 1 is 1.18 bits per heavy atom. The van der Waals surface area contributed by atoms with E-state index in [-0.39, 0.29) is 41.5 Å². The van der Waals surface area contributed by atoms with Gasteiger partial charge in [-0.15, -0.1) is 0 Å². The topological polar surface area (TPSA) is 120 Å². The molecule has 34 heavy (non-hydrogen) atoms. The minimum atomic E-state index is -3.11. The van der Waals surface area contributed by atoms with E-state index in [2.05, 4.69) is 10.4 Å². The standard InChI is InChI=1S/C24H26N4O5S/c1-3-33-24(30)17-6-4-5-7-19(17)26-23(29)18-12-20(15-8-9-15)25-22-21(18)14(2)27-28(22)16-10-11-34(31,32)13-16/h4-7,12,15-16H,3,8-11,13H2,1-2H3,(H,26,29)/t16-/m0/s1. The van der Waals surface area contributed by atoms with Gasteiger partial charge in [0.05, 0.1) is 52.0 Å². The first-order valence-corrected chi connectivity index (χ1v) is 13.3. The van der Waals surface area contributed by atoms with Crippen molar-refractivity contribution in [1.82, 2.24) is 14.8 Å². The van der Waals surface area contributed by atoms with Crippen LogP contribution < -0.4 is 5.32 Å². The van der Waals surface area contributed by atoms with E-state index in [1.807, 2.05) is 0 Å². The van der Waals surface area contributed by atoms with Crippen LogP contribution in [-0.2, 0) is 14.6 Å². The van der Waals surface area contributed by atoms with Crippen LogP contribution >= 0.6 is 0 Å². The zero-order chi connectivity index (χ0) is 24.0. The summed E-state index contributed by atoms with van der Waals surface area (Å²) < 4.78 is 31.0. The number of hydrogen-bond donors (Lipinski definition) is 1.